The van der Waals surface area contributed by atoms with Crippen LogP contribution in [0.5, 0.6) is 0 Å². The number of amides is 3. The third kappa shape index (κ3) is 6.11. The van der Waals surface area contributed by atoms with Gasteiger partial charge in [0.05, 0.1) is 18.6 Å². The number of thioether (sulfide) groups is 1. The number of nitrogens with zero attached hydrogens (tertiary/aromatic N) is 3. The first-order valence-corrected chi connectivity index (χ1v) is 9.58. The summed E-state index contributed by atoms with van der Waals surface area (Å²) in [7, 11) is 0. The molecule has 2 N–H and O–H groups in total. The Morgan fingerprint density at radius 1 is 1.10 bits per heavy atom. The molecule has 2 heterocycles. The van der Waals surface area contributed by atoms with E-state index < -0.39 is 24.7 Å². The molecule has 0 spiro atoms. The highest BCUT2D eigenvalue weighted by Gasteiger charge is 2.28. The topological polar surface area (TPSA) is 102 Å². The van der Waals surface area contributed by atoms with Gasteiger partial charge >= 0.3 is 12.2 Å². The summed E-state index contributed by atoms with van der Waals surface area (Å²) in [6, 6.07) is 11.7. The molecule has 0 atom stereocenters. The average molecular weight is 439 g/mol. The number of rotatable bonds is 7. The quantitative estimate of drug-likeness (QED) is 0.549. The van der Waals surface area contributed by atoms with Crippen LogP contribution in [0.25, 0.3) is 11.6 Å². The average Bonchev–Trinajstić information content (AvgIpc) is 3.35. The van der Waals surface area contributed by atoms with E-state index in [1.165, 1.54) is 6.26 Å². The molecule has 8 nitrogen and oxygen atoms in total. The molecule has 0 unspecified atom stereocenters. The number of aromatic nitrogens is 3. The molecule has 12 heteroatoms. The van der Waals surface area contributed by atoms with Crippen LogP contribution in [-0.2, 0) is 11.3 Å². The highest BCUT2D eigenvalue weighted by Crippen LogP contribution is 2.25. The van der Waals surface area contributed by atoms with Crippen molar-refractivity contribution in [3.8, 4) is 11.6 Å². The number of alkyl halides is 3. The van der Waals surface area contributed by atoms with E-state index in [1.54, 1.807) is 22.0 Å². The molecule has 1 aromatic carbocycles. The van der Waals surface area contributed by atoms with Crippen LogP contribution in [0.3, 0.4) is 0 Å². The van der Waals surface area contributed by atoms with Crippen LogP contribution in [-0.4, -0.2) is 45.2 Å². The minimum atomic E-state index is -4.56. The van der Waals surface area contributed by atoms with Gasteiger partial charge in [-0.05, 0) is 17.7 Å². The van der Waals surface area contributed by atoms with Crippen LogP contribution in [0.2, 0.25) is 0 Å². The van der Waals surface area contributed by atoms with E-state index >= 15 is 0 Å². The van der Waals surface area contributed by atoms with Gasteiger partial charge in [-0.3, -0.25) is 14.7 Å². The number of carbonyl (C=O) groups is 2. The molecule has 0 saturated heterocycles. The molecule has 3 rings (SSSR count). The zero-order valence-electron chi connectivity index (χ0n) is 15.3. The molecule has 0 bridgehead atoms. The number of carbonyl (C=O) groups excluding carboxylic acids is 2. The van der Waals surface area contributed by atoms with Gasteiger partial charge in [0, 0.05) is 0 Å². The third-order valence-electron chi connectivity index (χ3n) is 3.68. The van der Waals surface area contributed by atoms with Crippen molar-refractivity contribution in [2.24, 2.45) is 0 Å². The smallest absolute Gasteiger partial charge is 0.405 e. The first-order chi connectivity index (χ1) is 14.3. The van der Waals surface area contributed by atoms with E-state index in [0.29, 0.717) is 23.3 Å². The van der Waals surface area contributed by atoms with Crippen LogP contribution < -0.4 is 10.6 Å². The number of furan rings is 1. The molecule has 0 aliphatic rings. The van der Waals surface area contributed by atoms with Crippen molar-refractivity contribution in [3.05, 3.63) is 54.3 Å². The maximum atomic E-state index is 12.1. The number of benzene rings is 1. The van der Waals surface area contributed by atoms with Gasteiger partial charge in [-0.15, -0.1) is 10.2 Å². The van der Waals surface area contributed by atoms with Crippen LogP contribution in [0.4, 0.5) is 18.0 Å². The van der Waals surface area contributed by atoms with Gasteiger partial charge in [-0.2, -0.15) is 13.2 Å². The van der Waals surface area contributed by atoms with Crippen molar-refractivity contribution in [1.29, 1.82) is 0 Å². The fraction of sp³-hybridized carbons (Fsp3) is 0.222. The summed E-state index contributed by atoms with van der Waals surface area (Å²) in [4.78, 5) is 23.3. The van der Waals surface area contributed by atoms with Crippen LogP contribution in [0, 0.1) is 0 Å². The molecule has 30 heavy (non-hydrogen) atoms. The molecule has 2 aromatic heterocycles. The lowest BCUT2D eigenvalue weighted by atomic mass is 10.2. The molecular formula is C18H16F3N5O3S. The van der Waals surface area contributed by atoms with Crippen molar-refractivity contribution in [1.82, 2.24) is 25.4 Å². The lowest BCUT2D eigenvalue weighted by molar-refractivity contribution is -0.124. The highest BCUT2D eigenvalue weighted by molar-refractivity contribution is 7.99. The molecule has 0 aliphatic carbocycles. The van der Waals surface area contributed by atoms with Gasteiger partial charge in [0.2, 0.25) is 11.7 Å². The molecular weight excluding hydrogens is 423 g/mol. The largest absolute Gasteiger partial charge is 0.461 e. The lowest BCUT2D eigenvalue weighted by Crippen LogP contribution is -2.43. The molecule has 0 aliphatic heterocycles. The monoisotopic (exact) mass is 439 g/mol. The maximum absolute atomic E-state index is 12.1. The Morgan fingerprint density at radius 3 is 2.53 bits per heavy atom. The van der Waals surface area contributed by atoms with Gasteiger partial charge < -0.3 is 9.73 Å². The second-order valence-corrected chi connectivity index (χ2v) is 6.93. The minimum Gasteiger partial charge on any atom is -0.461 e. The number of halogens is 3. The van der Waals surface area contributed by atoms with Crippen molar-refractivity contribution < 1.29 is 27.2 Å². The normalized spacial score (nSPS) is 11.3. The lowest BCUT2D eigenvalue weighted by Gasteiger charge is -2.10. The van der Waals surface area contributed by atoms with Crippen LogP contribution in [0.1, 0.15) is 5.56 Å². The zero-order valence-corrected chi connectivity index (χ0v) is 16.2. The van der Waals surface area contributed by atoms with E-state index in [9.17, 15) is 22.8 Å². The Labute approximate surface area is 172 Å². The summed E-state index contributed by atoms with van der Waals surface area (Å²) in [5, 5.41) is 12.0. The summed E-state index contributed by atoms with van der Waals surface area (Å²) in [5.74, 6) is -0.0748. The van der Waals surface area contributed by atoms with E-state index in [1.807, 2.05) is 35.6 Å². The summed E-state index contributed by atoms with van der Waals surface area (Å²) < 4.78 is 43.5. The number of imide groups is 1. The van der Waals surface area contributed by atoms with Crippen molar-refractivity contribution in [2.75, 3.05) is 12.3 Å². The molecule has 0 radical (unpaired) electrons. The Balaban J connectivity index is 1.67. The van der Waals surface area contributed by atoms with E-state index in [-0.39, 0.29) is 5.75 Å². The van der Waals surface area contributed by atoms with Crippen molar-refractivity contribution in [2.45, 2.75) is 17.9 Å². The van der Waals surface area contributed by atoms with Gasteiger partial charge in [0.15, 0.2) is 10.9 Å². The first kappa shape index (κ1) is 21.4. The Bertz CT molecular complexity index is 990. The van der Waals surface area contributed by atoms with Crippen LogP contribution in [0.15, 0.2) is 58.3 Å². The highest BCUT2D eigenvalue weighted by atomic mass is 32.2. The van der Waals surface area contributed by atoms with E-state index in [0.717, 1.165) is 17.3 Å². The predicted molar refractivity (Wildman–Crippen MR) is 102 cm³/mol. The molecule has 158 valence electrons. The molecule has 3 aromatic rings. The first-order valence-electron chi connectivity index (χ1n) is 8.60. The summed E-state index contributed by atoms with van der Waals surface area (Å²) in [5.41, 5.74) is 0.961. The summed E-state index contributed by atoms with van der Waals surface area (Å²) in [6.45, 7) is -1.13. The summed E-state index contributed by atoms with van der Waals surface area (Å²) in [6.07, 6.45) is -3.07. The number of hydrogen-bond donors (Lipinski definition) is 2. The number of hydrogen-bond acceptors (Lipinski definition) is 6. The van der Waals surface area contributed by atoms with E-state index in [2.05, 4.69) is 10.2 Å². The predicted octanol–water partition coefficient (Wildman–Crippen LogP) is 3.07. The second-order valence-electron chi connectivity index (χ2n) is 5.99. The van der Waals surface area contributed by atoms with Gasteiger partial charge in [-0.25, -0.2) is 4.79 Å². The fourth-order valence-corrected chi connectivity index (χ4v) is 3.15. The van der Waals surface area contributed by atoms with Crippen LogP contribution >= 0.6 is 11.8 Å². The molecule has 0 fully saturated rings. The Morgan fingerprint density at radius 2 is 1.87 bits per heavy atom. The van der Waals surface area contributed by atoms with Crippen molar-refractivity contribution >= 4 is 23.7 Å². The maximum Gasteiger partial charge on any atom is 0.405 e. The van der Waals surface area contributed by atoms with Gasteiger partial charge in [0.1, 0.15) is 6.54 Å². The Hall–Kier alpha value is -3.28. The van der Waals surface area contributed by atoms with Gasteiger partial charge in [-0.1, -0.05) is 42.1 Å². The summed E-state index contributed by atoms with van der Waals surface area (Å²) >= 11 is 0.992. The van der Waals surface area contributed by atoms with Crippen molar-refractivity contribution in [3.63, 3.8) is 0 Å². The number of nitrogens with one attached hydrogen (secondary N) is 2. The number of urea groups is 1. The van der Waals surface area contributed by atoms with Gasteiger partial charge in [0.25, 0.3) is 0 Å². The zero-order chi connectivity index (χ0) is 21.6. The SMILES string of the molecule is O=C(CSc1nnc(-c2ccco2)n1Cc1ccccc1)NC(=O)NCC(F)(F)F. The Kier molecular flexibility index (Phi) is 6.77. The second kappa shape index (κ2) is 9.48. The fourth-order valence-electron chi connectivity index (χ4n) is 2.41. The molecule has 0 saturated carbocycles. The third-order valence-corrected chi connectivity index (χ3v) is 4.64. The molecule has 3 amide bonds. The minimum absolute atomic E-state index is 0.246. The van der Waals surface area contributed by atoms with E-state index in [4.69, 9.17) is 4.42 Å². The standard InChI is InChI=1S/C18H16F3N5O3S/c19-18(20,21)11-22-16(28)23-14(27)10-30-17-25-24-15(13-7-4-8-29-13)26(17)9-12-5-2-1-3-6-12/h1-8H,9-11H2,(H2,22,23,27,28).